The number of rotatable bonds is 6. The zero-order valence-corrected chi connectivity index (χ0v) is 15.1. The first kappa shape index (κ1) is 17.4. The Kier molecular flexibility index (Phi) is 5.41. The predicted octanol–water partition coefficient (Wildman–Crippen LogP) is 0.722. The van der Waals surface area contributed by atoms with Crippen LogP contribution in [0.5, 0.6) is 5.75 Å². The molecule has 0 bridgehead atoms. The fourth-order valence-corrected chi connectivity index (χ4v) is 3.82. The zero-order valence-electron chi connectivity index (χ0n) is 15.1. The van der Waals surface area contributed by atoms with Gasteiger partial charge in [0.1, 0.15) is 30.2 Å². The highest BCUT2D eigenvalue weighted by Gasteiger charge is 2.18. The number of morpholine rings is 1. The first-order chi connectivity index (χ1) is 12.8. The minimum atomic E-state index is -0.0769. The van der Waals surface area contributed by atoms with Gasteiger partial charge in [-0.2, -0.15) is 0 Å². The Morgan fingerprint density at radius 3 is 2.92 bits per heavy atom. The molecule has 1 saturated heterocycles. The third kappa shape index (κ3) is 4.02. The van der Waals surface area contributed by atoms with E-state index in [0.29, 0.717) is 6.54 Å². The summed E-state index contributed by atoms with van der Waals surface area (Å²) in [5.41, 5.74) is 2.23. The number of carbonyl (C=O) groups excluding carboxylic acids is 1. The SMILES string of the molecule is O=C(COc1ccc2oc3c(c2c1)CCCC3)NCC[NH+]1CCOCC1. The topological polar surface area (TPSA) is 65.1 Å². The van der Waals surface area contributed by atoms with Crippen LogP contribution in [0.3, 0.4) is 0 Å². The molecule has 1 aliphatic carbocycles. The van der Waals surface area contributed by atoms with Gasteiger partial charge in [0.25, 0.3) is 5.91 Å². The summed E-state index contributed by atoms with van der Waals surface area (Å²) in [6.07, 6.45) is 4.49. The summed E-state index contributed by atoms with van der Waals surface area (Å²) in [5.74, 6) is 1.76. The average molecular weight is 359 g/mol. The minimum absolute atomic E-state index is 0.0456. The minimum Gasteiger partial charge on any atom is -0.484 e. The summed E-state index contributed by atoms with van der Waals surface area (Å²) >= 11 is 0. The lowest BCUT2D eigenvalue weighted by atomic mass is 9.96. The van der Waals surface area contributed by atoms with E-state index in [1.807, 2.05) is 18.2 Å². The van der Waals surface area contributed by atoms with Crippen molar-refractivity contribution >= 4 is 16.9 Å². The van der Waals surface area contributed by atoms with E-state index in [4.69, 9.17) is 13.9 Å². The molecule has 6 heteroatoms. The van der Waals surface area contributed by atoms with Crippen molar-refractivity contribution in [3.63, 3.8) is 0 Å². The van der Waals surface area contributed by atoms with Crippen molar-refractivity contribution in [3.8, 4) is 5.75 Å². The number of carbonyl (C=O) groups is 1. The highest BCUT2D eigenvalue weighted by atomic mass is 16.5. The lowest BCUT2D eigenvalue weighted by Crippen LogP contribution is -3.14. The molecule has 2 heterocycles. The Balaban J connectivity index is 1.27. The Hall–Kier alpha value is -2.05. The van der Waals surface area contributed by atoms with Gasteiger partial charge in [-0.25, -0.2) is 0 Å². The molecule has 140 valence electrons. The zero-order chi connectivity index (χ0) is 17.8. The van der Waals surface area contributed by atoms with E-state index in [-0.39, 0.29) is 12.5 Å². The Morgan fingerprint density at radius 2 is 2.04 bits per heavy atom. The maximum absolute atomic E-state index is 12.0. The van der Waals surface area contributed by atoms with Crippen molar-refractivity contribution in [1.29, 1.82) is 0 Å². The summed E-state index contributed by atoms with van der Waals surface area (Å²) in [7, 11) is 0. The Labute approximate surface area is 153 Å². The third-order valence-corrected chi connectivity index (χ3v) is 5.30. The molecule has 1 fully saturated rings. The summed E-state index contributed by atoms with van der Waals surface area (Å²) in [5, 5.41) is 4.07. The van der Waals surface area contributed by atoms with Gasteiger partial charge in [-0.3, -0.25) is 4.79 Å². The van der Waals surface area contributed by atoms with Gasteiger partial charge in [0.2, 0.25) is 0 Å². The Morgan fingerprint density at radius 1 is 1.19 bits per heavy atom. The van der Waals surface area contributed by atoms with Crippen molar-refractivity contribution < 1.29 is 23.6 Å². The molecule has 1 aromatic carbocycles. The number of fused-ring (bicyclic) bond motifs is 3. The van der Waals surface area contributed by atoms with E-state index in [2.05, 4.69) is 5.32 Å². The molecule has 2 aliphatic rings. The number of aryl methyl sites for hydroxylation is 2. The molecule has 2 N–H and O–H groups in total. The molecule has 0 atom stereocenters. The van der Waals surface area contributed by atoms with Crippen LogP contribution >= 0.6 is 0 Å². The molecular weight excluding hydrogens is 332 g/mol. The molecule has 6 nitrogen and oxygen atoms in total. The summed E-state index contributed by atoms with van der Waals surface area (Å²) < 4.78 is 17.0. The van der Waals surface area contributed by atoms with E-state index >= 15 is 0 Å². The van der Waals surface area contributed by atoms with Crippen LogP contribution in [0.1, 0.15) is 24.2 Å². The fraction of sp³-hybridized carbons (Fsp3) is 0.550. The van der Waals surface area contributed by atoms with Crippen LogP contribution in [-0.4, -0.2) is 51.9 Å². The first-order valence-corrected chi connectivity index (χ1v) is 9.65. The van der Waals surface area contributed by atoms with Gasteiger partial charge in [0.05, 0.1) is 26.3 Å². The molecule has 4 rings (SSSR count). The van der Waals surface area contributed by atoms with Gasteiger partial charge in [-0.1, -0.05) is 0 Å². The first-order valence-electron chi connectivity index (χ1n) is 9.65. The van der Waals surface area contributed by atoms with Crippen LogP contribution in [0.2, 0.25) is 0 Å². The Bertz CT molecular complexity index is 765. The van der Waals surface area contributed by atoms with Gasteiger partial charge in [0.15, 0.2) is 6.61 Å². The van der Waals surface area contributed by atoms with Crippen molar-refractivity contribution in [2.75, 3.05) is 46.0 Å². The lowest BCUT2D eigenvalue weighted by molar-refractivity contribution is -0.906. The highest BCUT2D eigenvalue weighted by Crippen LogP contribution is 2.33. The maximum atomic E-state index is 12.0. The number of benzene rings is 1. The smallest absolute Gasteiger partial charge is 0.258 e. The fourth-order valence-electron chi connectivity index (χ4n) is 3.82. The second kappa shape index (κ2) is 8.10. The molecule has 0 saturated carbocycles. The largest absolute Gasteiger partial charge is 0.484 e. The van der Waals surface area contributed by atoms with E-state index in [0.717, 1.165) is 68.2 Å². The number of hydrogen-bond donors (Lipinski definition) is 2. The number of amides is 1. The predicted molar refractivity (Wildman–Crippen MR) is 97.7 cm³/mol. The summed E-state index contributed by atoms with van der Waals surface area (Å²) in [4.78, 5) is 13.5. The van der Waals surface area contributed by atoms with Crippen molar-refractivity contribution in [2.45, 2.75) is 25.7 Å². The van der Waals surface area contributed by atoms with Crippen molar-refractivity contribution in [2.24, 2.45) is 0 Å². The molecule has 0 radical (unpaired) electrons. The second-order valence-electron chi connectivity index (χ2n) is 7.12. The lowest BCUT2D eigenvalue weighted by Gasteiger charge is -2.23. The van der Waals surface area contributed by atoms with Crippen molar-refractivity contribution in [1.82, 2.24) is 5.32 Å². The van der Waals surface area contributed by atoms with Gasteiger partial charge in [0, 0.05) is 17.4 Å². The standard InChI is InChI=1S/C20H26N2O4/c23-20(21-7-8-22-9-11-24-12-10-22)14-25-15-5-6-19-17(13-15)16-3-1-2-4-18(16)26-19/h5-6,13H,1-4,7-12,14H2,(H,21,23)/p+1. The van der Waals surface area contributed by atoms with Gasteiger partial charge < -0.3 is 24.1 Å². The van der Waals surface area contributed by atoms with Crippen LogP contribution in [0, 0.1) is 0 Å². The quantitative estimate of drug-likeness (QED) is 0.798. The molecule has 2 aromatic rings. The van der Waals surface area contributed by atoms with Crippen LogP contribution < -0.4 is 15.0 Å². The second-order valence-corrected chi connectivity index (χ2v) is 7.12. The van der Waals surface area contributed by atoms with E-state index in [1.54, 1.807) is 0 Å². The molecule has 0 unspecified atom stereocenters. The van der Waals surface area contributed by atoms with E-state index in [9.17, 15) is 4.79 Å². The molecule has 26 heavy (non-hydrogen) atoms. The van der Waals surface area contributed by atoms with Gasteiger partial charge in [-0.15, -0.1) is 0 Å². The molecule has 1 amide bonds. The molecule has 1 aliphatic heterocycles. The van der Waals surface area contributed by atoms with Gasteiger partial charge in [-0.05, 0) is 37.5 Å². The normalized spacial score (nSPS) is 17.8. The molecule has 0 spiro atoms. The van der Waals surface area contributed by atoms with Crippen molar-refractivity contribution in [3.05, 3.63) is 29.5 Å². The van der Waals surface area contributed by atoms with Crippen LogP contribution in [0.4, 0.5) is 0 Å². The monoisotopic (exact) mass is 359 g/mol. The van der Waals surface area contributed by atoms with E-state index < -0.39 is 0 Å². The number of hydrogen-bond acceptors (Lipinski definition) is 4. The number of ether oxygens (including phenoxy) is 2. The number of furan rings is 1. The number of quaternary nitrogens is 1. The van der Waals surface area contributed by atoms with E-state index in [1.165, 1.54) is 23.3 Å². The molecular formula is C20H27N2O4+. The molecule has 1 aromatic heterocycles. The number of nitrogens with one attached hydrogen (secondary N) is 2. The maximum Gasteiger partial charge on any atom is 0.258 e. The highest BCUT2D eigenvalue weighted by molar-refractivity contribution is 5.84. The van der Waals surface area contributed by atoms with Gasteiger partial charge >= 0.3 is 0 Å². The van der Waals surface area contributed by atoms with Crippen LogP contribution in [0.15, 0.2) is 22.6 Å². The van der Waals surface area contributed by atoms with Crippen LogP contribution in [0.25, 0.3) is 11.0 Å². The average Bonchev–Trinajstić information content (AvgIpc) is 3.05. The van der Waals surface area contributed by atoms with Crippen LogP contribution in [-0.2, 0) is 22.4 Å². The third-order valence-electron chi connectivity index (χ3n) is 5.30. The summed E-state index contributed by atoms with van der Waals surface area (Å²) in [6, 6.07) is 5.83. The summed E-state index contributed by atoms with van der Waals surface area (Å²) in [6.45, 7) is 5.31.